The van der Waals surface area contributed by atoms with Crippen molar-refractivity contribution in [1.82, 2.24) is 5.32 Å². The van der Waals surface area contributed by atoms with E-state index in [1.54, 1.807) is 0 Å². The number of nitrogens with one attached hydrogen (secondary N) is 1. The summed E-state index contributed by atoms with van der Waals surface area (Å²) in [5.41, 5.74) is -0.395. The van der Waals surface area contributed by atoms with Crippen LogP contribution in [0.15, 0.2) is 0 Å². The molecule has 2 rings (SSSR count). The first-order valence-electron chi connectivity index (χ1n) is 6.09. The van der Waals surface area contributed by atoms with Crippen molar-refractivity contribution < 1.29 is 5.11 Å². The summed E-state index contributed by atoms with van der Waals surface area (Å²) in [5.74, 6) is 0.828. The quantitative estimate of drug-likeness (QED) is 0.674. The molecule has 2 fully saturated rings. The van der Waals surface area contributed by atoms with E-state index in [1.807, 2.05) is 6.92 Å². The zero-order valence-electron chi connectivity index (χ0n) is 9.42. The Labute approximate surface area is 87.1 Å². The molecule has 14 heavy (non-hydrogen) atoms. The molecule has 2 N–H and O–H groups in total. The van der Waals surface area contributed by atoms with Gasteiger partial charge in [0.1, 0.15) is 0 Å². The van der Waals surface area contributed by atoms with E-state index < -0.39 is 5.60 Å². The fourth-order valence-corrected chi connectivity index (χ4v) is 3.05. The lowest BCUT2D eigenvalue weighted by Crippen LogP contribution is -2.31. The van der Waals surface area contributed by atoms with Crippen LogP contribution in [0.4, 0.5) is 0 Å². The Balaban J connectivity index is 1.96. The van der Waals surface area contributed by atoms with Crippen molar-refractivity contribution in [2.75, 3.05) is 0 Å². The second-order valence-electron chi connectivity index (χ2n) is 5.45. The normalized spacial score (nSPS) is 48.6. The summed E-state index contributed by atoms with van der Waals surface area (Å²) in [4.78, 5) is 0. The fourth-order valence-electron chi connectivity index (χ4n) is 3.05. The highest BCUT2D eigenvalue weighted by Gasteiger charge is 2.37. The summed E-state index contributed by atoms with van der Waals surface area (Å²) in [6.07, 6.45) is 6.92. The molecule has 0 aromatic carbocycles. The summed E-state index contributed by atoms with van der Waals surface area (Å²) in [6, 6.07) is 1.43. The zero-order chi connectivity index (χ0) is 10.2. The molecule has 1 aliphatic carbocycles. The standard InChI is InChI=1S/C12H23NO/c1-3-10-8-9-4-6-12(2,14)7-5-11(9)13-10/h9-11,13-14H,3-8H2,1-2H3/t9-,10?,11+,12?/m0/s1. The first-order chi connectivity index (χ1) is 6.61. The summed E-state index contributed by atoms with van der Waals surface area (Å²) in [5, 5.41) is 13.7. The van der Waals surface area contributed by atoms with E-state index in [2.05, 4.69) is 12.2 Å². The van der Waals surface area contributed by atoms with Gasteiger partial charge in [-0.1, -0.05) is 6.92 Å². The summed E-state index contributed by atoms with van der Waals surface area (Å²) < 4.78 is 0. The summed E-state index contributed by atoms with van der Waals surface area (Å²) >= 11 is 0. The summed E-state index contributed by atoms with van der Waals surface area (Å²) in [6.45, 7) is 4.25. The molecule has 0 aromatic heterocycles. The van der Waals surface area contributed by atoms with Crippen LogP contribution in [0, 0.1) is 5.92 Å². The molecule has 0 radical (unpaired) electrons. The molecule has 2 unspecified atom stereocenters. The first kappa shape index (κ1) is 10.4. The molecule has 1 heterocycles. The average Bonchev–Trinajstić information content (AvgIpc) is 2.49. The molecule has 4 atom stereocenters. The van der Waals surface area contributed by atoms with Crippen LogP contribution >= 0.6 is 0 Å². The number of aliphatic hydroxyl groups is 1. The Morgan fingerprint density at radius 2 is 2.07 bits per heavy atom. The molecule has 82 valence electrons. The molecule has 0 aromatic rings. The van der Waals surface area contributed by atoms with Gasteiger partial charge in [0, 0.05) is 12.1 Å². The monoisotopic (exact) mass is 197 g/mol. The van der Waals surface area contributed by atoms with Gasteiger partial charge in [-0.3, -0.25) is 0 Å². The van der Waals surface area contributed by atoms with Crippen molar-refractivity contribution in [1.29, 1.82) is 0 Å². The van der Waals surface area contributed by atoms with Crippen molar-refractivity contribution in [3.63, 3.8) is 0 Å². The van der Waals surface area contributed by atoms with Gasteiger partial charge in [-0.25, -0.2) is 0 Å². The van der Waals surface area contributed by atoms with Gasteiger partial charge in [0.05, 0.1) is 5.60 Å². The third-order valence-corrected chi connectivity index (χ3v) is 4.15. The third-order valence-electron chi connectivity index (χ3n) is 4.15. The SMILES string of the molecule is CCC1C[C@@H]2CCC(C)(O)CC[C@H]2N1. The lowest BCUT2D eigenvalue weighted by atomic mass is 9.93. The molecule has 0 spiro atoms. The Kier molecular flexibility index (Phi) is 2.85. The highest BCUT2D eigenvalue weighted by molar-refractivity contribution is 4.94. The van der Waals surface area contributed by atoms with Gasteiger partial charge < -0.3 is 10.4 Å². The Hall–Kier alpha value is -0.0800. The van der Waals surface area contributed by atoms with E-state index in [0.29, 0.717) is 6.04 Å². The Bertz CT molecular complexity index is 184. The van der Waals surface area contributed by atoms with Crippen molar-refractivity contribution >= 4 is 0 Å². The molecule has 2 nitrogen and oxygen atoms in total. The van der Waals surface area contributed by atoms with Crippen LogP contribution in [0.1, 0.15) is 52.4 Å². The van der Waals surface area contributed by atoms with Crippen LogP contribution in [0.5, 0.6) is 0 Å². The van der Waals surface area contributed by atoms with Crippen LogP contribution in [-0.2, 0) is 0 Å². The second kappa shape index (κ2) is 3.82. The van der Waals surface area contributed by atoms with Crippen molar-refractivity contribution in [2.24, 2.45) is 5.92 Å². The molecule has 1 aliphatic heterocycles. The Morgan fingerprint density at radius 1 is 1.36 bits per heavy atom. The number of fused-ring (bicyclic) bond motifs is 1. The third kappa shape index (κ3) is 2.12. The van der Waals surface area contributed by atoms with Crippen LogP contribution in [-0.4, -0.2) is 22.8 Å². The molecule has 1 saturated heterocycles. The number of hydrogen-bond donors (Lipinski definition) is 2. The van der Waals surface area contributed by atoms with Crippen molar-refractivity contribution in [2.45, 2.75) is 70.1 Å². The minimum absolute atomic E-state index is 0.395. The lowest BCUT2D eigenvalue weighted by Gasteiger charge is -2.21. The highest BCUT2D eigenvalue weighted by Crippen LogP contribution is 2.36. The molecule has 2 aliphatic rings. The lowest BCUT2D eigenvalue weighted by molar-refractivity contribution is 0.0422. The average molecular weight is 197 g/mol. The van der Waals surface area contributed by atoms with Crippen molar-refractivity contribution in [3.05, 3.63) is 0 Å². The van der Waals surface area contributed by atoms with Gasteiger partial charge in [-0.15, -0.1) is 0 Å². The Morgan fingerprint density at radius 3 is 2.79 bits per heavy atom. The maximum atomic E-state index is 10.0. The van der Waals surface area contributed by atoms with Crippen LogP contribution in [0.25, 0.3) is 0 Å². The van der Waals surface area contributed by atoms with Crippen LogP contribution < -0.4 is 5.32 Å². The largest absolute Gasteiger partial charge is 0.390 e. The molecule has 2 heteroatoms. The van der Waals surface area contributed by atoms with Gasteiger partial charge in [0.25, 0.3) is 0 Å². The van der Waals surface area contributed by atoms with Gasteiger partial charge >= 0.3 is 0 Å². The highest BCUT2D eigenvalue weighted by atomic mass is 16.3. The van der Waals surface area contributed by atoms with Crippen LogP contribution in [0.3, 0.4) is 0 Å². The minimum atomic E-state index is -0.395. The van der Waals surface area contributed by atoms with Gasteiger partial charge in [-0.05, 0) is 51.4 Å². The van der Waals surface area contributed by atoms with Gasteiger partial charge in [0.15, 0.2) is 0 Å². The van der Waals surface area contributed by atoms with E-state index in [9.17, 15) is 5.11 Å². The van der Waals surface area contributed by atoms with E-state index >= 15 is 0 Å². The van der Waals surface area contributed by atoms with E-state index in [0.717, 1.165) is 31.2 Å². The molecule has 1 saturated carbocycles. The topological polar surface area (TPSA) is 32.3 Å². The summed E-state index contributed by atoms with van der Waals surface area (Å²) in [7, 11) is 0. The van der Waals surface area contributed by atoms with E-state index in [4.69, 9.17) is 0 Å². The first-order valence-corrected chi connectivity index (χ1v) is 6.09. The molecular formula is C12H23NO. The van der Waals surface area contributed by atoms with E-state index in [1.165, 1.54) is 19.3 Å². The van der Waals surface area contributed by atoms with Crippen molar-refractivity contribution in [3.8, 4) is 0 Å². The molecular weight excluding hydrogens is 174 g/mol. The maximum absolute atomic E-state index is 10.0. The fraction of sp³-hybridized carbons (Fsp3) is 1.00. The molecule has 0 amide bonds. The predicted molar refractivity (Wildman–Crippen MR) is 58.2 cm³/mol. The number of rotatable bonds is 1. The second-order valence-corrected chi connectivity index (χ2v) is 5.45. The van der Waals surface area contributed by atoms with Gasteiger partial charge in [-0.2, -0.15) is 0 Å². The predicted octanol–water partition coefficient (Wildman–Crippen LogP) is 2.07. The van der Waals surface area contributed by atoms with E-state index in [-0.39, 0.29) is 0 Å². The van der Waals surface area contributed by atoms with Gasteiger partial charge in [0.2, 0.25) is 0 Å². The number of hydrogen-bond acceptors (Lipinski definition) is 2. The molecule has 0 bridgehead atoms. The maximum Gasteiger partial charge on any atom is 0.0620 e. The minimum Gasteiger partial charge on any atom is -0.390 e. The smallest absolute Gasteiger partial charge is 0.0620 e. The zero-order valence-corrected chi connectivity index (χ0v) is 9.42. The van der Waals surface area contributed by atoms with Crippen LogP contribution in [0.2, 0.25) is 0 Å².